The summed E-state index contributed by atoms with van der Waals surface area (Å²) in [5.74, 6) is 0.714. The first-order valence-corrected chi connectivity index (χ1v) is 8.74. The molecule has 22 heavy (non-hydrogen) atoms. The van der Waals surface area contributed by atoms with E-state index >= 15 is 0 Å². The van der Waals surface area contributed by atoms with E-state index in [9.17, 15) is 4.79 Å². The van der Waals surface area contributed by atoms with Gasteiger partial charge in [0.05, 0.1) is 17.1 Å². The van der Waals surface area contributed by atoms with Crippen LogP contribution in [0.3, 0.4) is 0 Å². The van der Waals surface area contributed by atoms with Crippen molar-refractivity contribution in [1.82, 2.24) is 4.90 Å². The molecule has 0 spiro atoms. The number of nitrogens with zero attached hydrogens (tertiary/aromatic N) is 1. The molecule has 1 saturated heterocycles. The van der Waals surface area contributed by atoms with Crippen LogP contribution in [0.5, 0.6) is 5.75 Å². The van der Waals surface area contributed by atoms with Gasteiger partial charge in [-0.2, -0.15) is 0 Å². The third kappa shape index (κ3) is 3.48. The third-order valence-electron chi connectivity index (χ3n) is 4.41. The van der Waals surface area contributed by atoms with Crippen molar-refractivity contribution in [1.29, 1.82) is 0 Å². The first kappa shape index (κ1) is 17.3. The Labute approximate surface area is 142 Å². The number of hydrogen-bond acceptors (Lipinski definition) is 2. The van der Waals surface area contributed by atoms with E-state index < -0.39 is 0 Å². The summed E-state index contributed by atoms with van der Waals surface area (Å²) in [5.41, 5.74) is 1.78. The van der Waals surface area contributed by atoms with Crippen LogP contribution in [0.1, 0.15) is 62.9 Å². The van der Waals surface area contributed by atoms with E-state index in [1.165, 1.54) is 6.42 Å². The molecule has 1 aromatic rings. The second-order valence-electron chi connectivity index (χ2n) is 7.13. The van der Waals surface area contributed by atoms with Gasteiger partial charge < -0.3 is 9.64 Å². The molecule has 4 heteroatoms. The monoisotopic (exact) mass is 367 g/mol. The van der Waals surface area contributed by atoms with Crippen molar-refractivity contribution in [2.24, 2.45) is 0 Å². The van der Waals surface area contributed by atoms with Gasteiger partial charge >= 0.3 is 0 Å². The first-order valence-electron chi connectivity index (χ1n) is 7.94. The minimum atomic E-state index is -0.0165. The van der Waals surface area contributed by atoms with E-state index in [2.05, 4.69) is 49.7 Å². The minimum absolute atomic E-state index is 0.0165. The number of likely N-dealkylation sites (tertiary alicyclic amines) is 1. The first-order chi connectivity index (χ1) is 10.3. The summed E-state index contributed by atoms with van der Waals surface area (Å²) in [6.45, 7) is 9.42. The van der Waals surface area contributed by atoms with Gasteiger partial charge in [-0.1, -0.05) is 20.8 Å². The van der Waals surface area contributed by atoms with Crippen LogP contribution in [0.25, 0.3) is 0 Å². The standard InChI is InChI=1S/C18H26BrNO2/c1-12-8-6-7-9-20(12)17(21)14-10-13(18(2,3)4)11-15(19)16(14)22-5/h10-12H,6-9H2,1-5H3/t12-/m1/s1. The zero-order valence-electron chi connectivity index (χ0n) is 14.2. The van der Waals surface area contributed by atoms with Gasteiger partial charge in [0.25, 0.3) is 5.91 Å². The predicted octanol–water partition coefficient (Wildman–Crippen LogP) is 4.77. The molecule has 1 aliphatic rings. The number of hydrogen-bond donors (Lipinski definition) is 0. The molecule has 1 amide bonds. The highest BCUT2D eigenvalue weighted by atomic mass is 79.9. The maximum atomic E-state index is 13.0. The SMILES string of the molecule is COc1c(Br)cc(C(C)(C)C)cc1C(=O)N1CCCC[C@H]1C. The quantitative estimate of drug-likeness (QED) is 0.753. The number of halogens is 1. The topological polar surface area (TPSA) is 29.5 Å². The maximum Gasteiger partial charge on any atom is 0.257 e. The average Bonchev–Trinajstić information content (AvgIpc) is 2.45. The van der Waals surface area contributed by atoms with Crippen LogP contribution in [0.15, 0.2) is 16.6 Å². The second kappa shape index (κ2) is 6.61. The van der Waals surface area contributed by atoms with E-state index in [4.69, 9.17) is 4.74 Å². The summed E-state index contributed by atoms with van der Waals surface area (Å²) >= 11 is 3.56. The molecule has 0 N–H and O–H groups in total. The molecule has 122 valence electrons. The summed E-state index contributed by atoms with van der Waals surface area (Å²) in [4.78, 5) is 15.0. The van der Waals surface area contributed by atoms with Crippen LogP contribution in [-0.4, -0.2) is 30.5 Å². The molecule has 3 nitrogen and oxygen atoms in total. The number of carbonyl (C=O) groups is 1. The zero-order valence-corrected chi connectivity index (χ0v) is 15.8. The van der Waals surface area contributed by atoms with Crippen LogP contribution in [0.4, 0.5) is 0 Å². The largest absolute Gasteiger partial charge is 0.495 e. The Morgan fingerprint density at radius 1 is 1.32 bits per heavy atom. The van der Waals surface area contributed by atoms with Crippen LogP contribution in [0, 0.1) is 0 Å². The van der Waals surface area contributed by atoms with Crippen LogP contribution in [-0.2, 0) is 5.41 Å². The highest BCUT2D eigenvalue weighted by molar-refractivity contribution is 9.10. The Morgan fingerprint density at radius 3 is 2.55 bits per heavy atom. The van der Waals surface area contributed by atoms with Gasteiger partial charge in [0.2, 0.25) is 0 Å². The molecule has 0 saturated carbocycles. The number of rotatable bonds is 2. The van der Waals surface area contributed by atoms with Gasteiger partial charge in [0, 0.05) is 12.6 Å². The van der Waals surface area contributed by atoms with Gasteiger partial charge in [-0.05, 0) is 65.2 Å². The van der Waals surface area contributed by atoms with Crippen LogP contribution >= 0.6 is 15.9 Å². The molecule has 0 aliphatic carbocycles. The highest BCUT2D eigenvalue weighted by Crippen LogP contribution is 2.36. The number of methoxy groups -OCH3 is 1. The van der Waals surface area contributed by atoms with E-state index in [1.807, 2.05) is 11.0 Å². The number of benzene rings is 1. The van der Waals surface area contributed by atoms with Crippen molar-refractivity contribution in [2.45, 2.75) is 58.4 Å². The van der Waals surface area contributed by atoms with Crippen molar-refractivity contribution in [3.63, 3.8) is 0 Å². The Balaban J connectivity index is 2.47. The Hall–Kier alpha value is -1.03. The van der Waals surface area contributed by atoms with E-state index in [0.29, 0.717) is 17.4 Å². The number of carbonyl (C=O) groups excluding carboxylic acids is 1. The molecule has 0 unspecified atom stereocenters. The van der Waals surface area contributed by atoms with Crippen LogP contribution < -0.4 is 4.74 Å². The van der Waals surface area contributed by atoms with Gasteiger partial charge in [-0.3, -0.25) is 4.79 Å². The molecule has 0 bridgehead atoms. The molecule has 1 fully saturated rings. The van der Waals surface area contributed by atoms with E-state index in [-0.39, 0.29) is 11.3 Å². The maximum absolute atomic E-state index is 13.0. The molecule has 0 radical (unpaired) electrons. The molecule has 1 atom stereocenters. The number of ether oxygens (including phenoxy) is 1. The Kier molecular flexibility index (Phi) is 5.21. The highest BCUT2D eigenvalue weighted by Gasteiger charge is 2.28. The second-order valence-corrected chi connectivity index (χ2v) is 7.99. The van der Waals surface area contributed by atoms with Gasteiger partial charge in [-0.15, -0.1) is 0 Å². The van der Waals surface area contributed by atoms with Crippen molar-refractivity contribution in [3.8, 4) is 5.75 Å². The molecule has 2 rings (SSSR count). The van der Waals surface area contributed by atoms with Gasteiger partial charge in [0.15, 0.2) is 0 Å². The summed E-state index contributed by atoms with van der Waals surface area (Å²) in [6.07, 6.45) is 3.36. The fourth-order valence-electron chi connectivity index (χ4n) is 2.95. The molecular formula is C18H26BrNO2. The lowest BCUT2D eigenvalue weighted by atomic mass is 9.85. The molecule has 1 heterocycles. The summed E-state index contributed by atoms with van der Waals surface area (Å²) in [6, 6.07) is 4.34. The Bertz CT molecular complexity index is 563. The Morgan fingerprint density at radius 2 is 2.00 bits per heavy atom. The molecule has 0 aromatic heterocycles. The smallest absolute Gasteiger partial charge is 0.257 e. The molecule has 1 aliphatic heterocycles. The predicted molar refractivity (Wildman–Crippen MR) is 93.7 cm³/mol. The summed E-state index contributed by atoms with van der Waals surface area (Å²) in [7, 11) is 1.62. The van der Waals surface area contributed by atoms with Gasteiger partial charge in [-0.25, -0.2) is 0 Å². The van der Waals surface area contributed by atoms with Gasteiger partial charge in [0.1, 0.15) is 5.75 Å². The zero-order chi connectivity index (χ0) is 16.5. The average molecular weight is 368 g/mol. The lowest BCUT2D eigenvalue weighted by molar-refractivity contribution is 0.0632. The van der Waals surface area contributed by atoms with E-state index in [0.717, 1.165) is 29.4 Å². The summed E-state index contributed by atoms with van der Waals surface area (Å²) in [5, 5.41) is 0. The number of amides is 1. The summed E-state index contributed by atoms with van der Waals surface area (Å²) < 4.78 is 6.34. The van der Waals surface area contributed by atoms with Crippen molar-refractivity contribution >= 4 is 21.8 Å². The minimum Gasteiger partial charge on any atom is -0.495 e. The fourth-order valence-corrected chi connectivity index (χ4v) is 3.57. The van der Waals surface area contributed by atoms with Crippen LogP contribution in [0.2, 0.25) is 0 Å². The van der Waals surface area contributed by atoms with Crippen molar-refractivity contribution < 1.29 is 9.53 Å². The molecule has 1 aromatic carbocycles. The number of piperidine rings is 1. The molecular weight excluding hydrogens is 342 g/mol. The van der Waals surface area contributed by atoms with E-state index in [1.54, 1.807) is 7.11 Å². The lowest BCUT2D eigenvalue weighted by Crippen LogP contribution is -2.42. The van der Waals surface area contributed by atoms with Crippen molar-refractivity contribution in [3.05, 3.63) is 27.7 Å². The third-order valence-corrected chi connectivity index (χ3v) is 5.00. The normalized spacial score (nSPS) is 19.2. The fraction of sp³-hybridized carbons (Fsp3) is 0.611. The lowest BCUT2D eigenvalue weighted by Gasteiger charge is -2.34. The van der Waals surface area contributed by atoms with Crippen molar-refractivity contribution in [2.75, 3.05) is 13.7 Å².